The molecule has 1 aromatic heterocycles. The third kappa shape index (κ3) is 6.05. The van der Waals surface area contributed by atoms with Crippen LogP contribution < -0.4 is 16.4 Å². The van der Waals surface area contributed by atoms with Crippen molar-refractivity contribution in [2.45, 2.75) is 14.7 Å². The van der Waals surface area contributed by atoms with E-state index in [2.05, 4.69) is 25.6 Å². The number of halogens is 1. The molecule has 0 aliphatic heterocycles. The van der Waals surface area contributed by atoms with Gasteiger partial charge >= 0.3 is 0 Å². The van der Waals surface area contributed by atoms with Crippen molar-refractivity contribution in [2.75, 3.05) is 16.4 Å². The van der Waals surface area contributed by atoms with Gasteiger partial charge in [-0.15, -0.1) is 0 Å². The second-order valence-corrected chi connectivity index (χ2v) is 10.9. The highest BCUT2D eigenvalue weighted by molar-refractivity contribution is 7.87. The molecule has 0 atom stereocenters. The Hall–Kier alpha value is -3.13. The van der Waals surface area contributed by atoms with Crippen LogP contribution in [0.1, 0.15) is 0 Å². The van der Waals surface area contributed by atoms with Gasteiger partial charge in [0.15, 0.2) is 0 Å². The Morgan fingerprint density at radius 3 is 1.85 bits per heavy atom. The van der Waals surface area contributed by atoms with Crippen LogP contribution in [0.2, 0.25) is 5.28 Å². The Morgan fingerprint density at radius 1 is 0.735 bits per heavy atom. The zero-order valence-electron chi connectivity index (χ0n) is 16.3. The molecule has 182 valence electrons. The van der Waals surface area contributed by atoms with Crippen molar-refractivity contribution in [1.82, 2.24) is 15.0 Å². The van der Waals surface area contributed by atoms with Crippen LogP contribution in [0.5, 0.6) is 0 Å². The Balaban J connectivity index is 1.97. The van der Waals surface area contributed by atoms with Gasteiger partial charge in [0.25, 0.3) is 30.4 Å². The molecule has 2 aromatic carbocycles. The highest BCUT2D eigenvalue weighted by Crippen LogP contribution is 2.28. The second-order valence-electron chi connectivity index (χ2n) is 6.34. The maximum Gasteiger partial charge on any atom is 0.296 e. The number of nitrogen functional groups attached to an aromatic ring is 1. The molecular formula is C15H13ClN6O9S3. The first-order valence-electron chi connectivity index (χ1n) is 8.46. The Kier molecular flexibility index (Phi) is 6.68. The first-order valence-corrected chi connectivity index (χ1v) is 13.2. The molecule has 19 heteroatoms. The Morgan fingerprint density at radius 2 is 1.32 bits per heavy atom. The summed E-state index contributed by atoms with van der Waals surface area (Å²) in [6.45, 7) is 0. The number of rotatable bonds is 7. The number of benzene rings is 2. The fraction of sp³-hybridized carbons (Fsp3) is 0. The molecule has 0 saturated carbocycles. The van der Waals surface area contributed by atoms with Gasteiger partial charge in [-0.05, 0) is 48.0 Å². The van der Waals surface area contributed by atoms with E-state index in [1.165, 1.54) is 6.07 Å². The summed E-state index contributed by atoms with van der Waals surface area (Å²) in [5.74, 6) is -0.570. The monoisotopic (exact) mass is 552 g/mol. The molecule has 0 unspecified atom stereocenters. The quantitative estimate of drug-likeness (QED) is 0.178. The van der Waals surface area contributed by atoms with Gasteiger partial charge in [-0.2, -0.15) is 40.2 Å². The van der Waals surface area contributed by atoms with Crippen LogP contribution in [0.25, 0.3) is 0 Å². The average molecular weight is 553 g/mol. The predicted molar refractivity (Wildman–Crippen MR) is 118 cm³/mol. The largest absolute Gasteiger partial charge is 0.398 e. The lowest BCUT2D eigenvalue weighted by molar-refractivity contribution is 0.479. The Labute approximate surface area is 197 Å². The number of nitrogens with one attached hydrogen (secondary N) is 2. The highest BCUT2D eigenvalue weighted by Gasteiger charge is 2.21. The van der Waals surface area contributed by atoms with Crippen LogP contribution >= 0.6 is 11.6 Å². The van der Waals surface area contributed by atoms with Crippen LogP contribution in [0.4, 0.5) is 29.0 Å². The molecule has 3 aromatic rings. The van der Waals surface area contributed by atoms with Crippen molar-refractivity contribution in [1.29, 1.82) is 0 Å². The maximum absolute atomic E-state index is 11.7. The summed E-state index contributed by atoms with van der Waals surface area (Å²) in [4.78, 5) is 9.23. The molecule has 0 amide bonds. The number of anilines is 5. The molecule has 1 heterocycles. The summed E-state index contributed by atoms with van der Waals surface area (Å²) < 4.78 is 96.1. The summed E-state index contributed by atoms with van der Waals surface area (Å²) >= 11 is 5.85. The first-order chi connectivity index (χ1) is 15.5. The van der Waals surface area contributed by atoms with Crippen LogP contribution in [-0.2, 0) is 30.4 Å². The minimum absolute atomic E-state index is 0.175. The van der Waals surface area contributed by atoms with Gasteiger partial charge in [0, 0.05) is 5.69 Å². The summed E-state index contributed by atoms with van der Waals surface area (Å²) in [5.41, 5.74) is 5.13. The van der Waals surface area contributed by atoms with E-state index in [0.29, 0.717) is 6.07 Å². The SMILES string of the molecule is Nc1cc(Nc2nc(Cl)nc(Nc3ccc(S(=O)(=O)O)cc3S(=O)(=O)O)n2)ccc1S(=O)(=O)O. The van der Waals surface area contributed by atoms with Crippen molar-refractivity contribution in [3.05, 3.63) is 41.7 Å². The topological polar surface area (TPSA) is 252 Å². The second kappa shape index (κ2) is 8.91. The lowest BCUT2D eigenvalue weighted by Crippen LogP contribution is -2.09. The molecule has 3 rings (SSSR count). The van der Waals surface area contributed by atoms with Gasteiger partial charge in [-0.3, -0.25) is 13.7 Å². The lowest BCUT2D eigenvalue weighted by atomic mass is 10.3. The third-order valence-corrected chi connectivity index (χ3v) is 6.77. The van der Waals surface area contributed by atoms with E-state index >= 15 is 0 Å². The van der Waals surface area contributed by atoms with E-state index in [1.54, 1.807) is 0 Å². The summed E-state index contributed by atoms with van der Waals surface area (Å²) in [7, 11) is -14.3. The minimum atomic E-state index is -4.97. The zero-order chi connectivity index (χ0) is 25.5. The molecule has 0 spiro atoms. The molecule has 0 bridgehead atoms. The fourth-order valence-corrected chi connectivity index (χ4v) is 4.56. The van der Waals surface area contributed by atoms with Gasteiger partial charge in [-0.1, -0.05) is 0 Å². The Bertz CT molecular complexity index is 1610. The van der Waals surface area contributed by atoms with E-state index in [0.717, 1.165) is 24.3 Å². The van der Waals surface area contributed by atoms with Crippen LogP contribution in [-0.4, -0.2) is 53.9 Å². The third-order valence-electron chi connectivity index (χ3n) is 3.93. The molecule has 0 saturated heterocycles. The molecule has 0 radical (unpaired) electrons. The highest BCUT2D eigenvalue weighted by atomic mass is 35.5. The van der Waals surface area contributed by atoms with E-state index in [1.807, 2.05) is 0 Å². The minimum Gasteiger partial charge on any atom is -0.398 e. The number of hydrogen-bond donors (Lipinski definition) is 6. The average Bonchev–Trinajstić information content (AvgIpc) is 2.65. The van der Waals surface area contributed by atoms with Crippen molar-refractivity contribution >= 4 is 70.9 Å². The molecule has 0 fully saturated rings. The normalized spacial score (nSPS) is 12.4. The van der Waals surface area contributed by atoms with Gasteiger partial charge in [0.1, 0.15) is 9.79 Å². The van der Waals surface area contributed by atoms with Gasteiger partial charge in [0.2, 0.25) is 17.2 Å². The van der Waals surface area contributed by atoms with Crippen molar-refractivity contribution in [3.63, 3.8) is 0 Å². The summed E-state index contributed by atoms with van der Waals surface area (Å²) in [6, 6.07) is 5.69. The number of aromatic nitrogens is 3. The molecule has 0 aliphatic carbocycles. The molecule has 34 heavy (non-hydrogen) atoms. The van der Waals surface area contributed by atoms with Crippen LogP contribution in [0.15, 0.2) is 51.1 Å². The van der Waals surface area contributed by atoms with E-state index in [9.17, 15) is 29.8 Å². The molecular weight excluding hydrogens is 540 g/mol. The molecule has 0 aliphatic rings. The standard InChI is InChI=1S/C15H13ClN6O9S3/c16-13-20-14(18-7-1-4-11(9(17)5-7)33(26,27)28)22-15(21-13)19-10-3-2-8(32(23,24)25)6-12(10)34(29,30)31/h1-6H,17H2,(H,23,24,25)(H,26,27,28)(H,29,30,31)(H2,18,19,20,21,22). The number of hydrogen-bond acceptors (Lipinski definition) is 12. The molecule has 7 N–H and O–H groups in total. The molecule has 15 nitrogen and oxygen atoms in total. The predicted octanol–water partition coefficient (Wildman–Crippen LogP) is 1.33. The van der Waals surface area contributed by atoms with Crippen LogP contribution in [0, 0.1) is 0 Å². The van der Waals surface area contributed by atoms with Crippen molar-refractivity contribution in [2.24, 2.45) is 0 Å². The smallest absolute Gasteiger partial charge is 0.296 e. The number of nitrogens with two attached hydrogens (primary N) is 1. The maximum atomic E-state index is 11.7. The zero-order valence-corrected chi connectivity index (χ0v) is 19.5. The van der Waals surface area contributed by atoms with Gasteiger partial charge < -0.3 is 16.4 Å². The van der Waals surface area contributed by atoms with Gasteiger partial charge in [0.05, 0.1) is 16.3 Å². The summed E-state index contributed by atoms with van der Waals surface area (Å²) in [6.07, 6.45) is 0. The van der Waals surface area contributed by atoms with Crippen molar-refractivity contribution < 1.29 is 38.9 Å². The van der Waals surface area contributed by atoms with E-state index < -0.39 is 45.0 Å². The fourth-order valence-electron chi connectivity index (χ4n) is 2.55. The number of nitrogens with zero attached hydrogens (tertiary/aromatic N) is 3. The van der Waals surface area contributed by atoms with E-state index in [4.69, 9.17) is 26.4 Å². The van der Waals surface area contributed by atoms with Gasteiger partial charge in [-0.25, -0.2) is 0 Å². The van der Waals surface area contributed by atoms with Crippen molar-refractivity contribution in [3.8, 4) is 0 Å². The first kappa shape index (κ1) is 25.5. The van der Waals surface area contributed by atoms with Crippen LogP contribution in [0.3, 0.4) is 0 Å². The van der Waals surface area contributed by atoms with E-state index in [-0.39, 0.29) is 34.2 Å². The summed E-state index contributed by atoms with van der Waals surface area (Å²) in [5, 5.41) is 4.68. The lowest BCUT2D eigenvalue weighted by Gasteiger charge is -2.12.